The number of carbonyl (C=O) groups excluding carboxylic acids is 2. The molecule has 16 heteroatoms. The molecule has 2 bridgehead atoms. The summed E-state index contributed by atoms with van der Waals surface area (Å²) in [5, 5.41) is 4.77. The second-order valence-corrected chi connectivity index (χ2v) is 17.5. The first-order valence-corrected chi connectivity index (χ1v) is 20.5. The fraction of sp³-hybridized carbons (Fsp3) is 0.513. The lowest BCUT2D eigenvalue weighted by molar-refractivity contribution is -0.159. The predicted octanol–water partition coefficient (Wildman–Crippen LogP) is 6.36. The summed E-state index contributed by atoms with van der Waals surface area (Å²) in [6.07, 6.45) is 7.47. The molecule has 1 unspecified atom stereocenters. The van der Waals surface area contributed by atoms with Crippen LogP contribution in [0, 0.1) is 17.8 Å². The van der Waals surface area contributed by atoms with Crippen molar-refractivity contribution in [2.45, 2.75) is 63.3 Å². The van der Waals surface area contributed by atoms with E-state index in [0.717, 1.165) is 32.1 Å². The van der Waals surface area contributed by atoms with Crippen LogP contribution in [0.5, 0.6) is 11.6 Å². The fourth-order valence-electron chi connectivity index (χ4n) is 8.60. The molecule has 4 aliphatic rings. The zero-order valence-corrected chi connectivity index (χ0v) is 32.8. The van der Waals surface area contributed by atoms with E-state index < -0.39 is 52.2 Å². The molecule has 12 nitrogen and oxygen atoms in total. The number of ether oxygens (including phenoxy) is 4. The molecule has 7 atom stereocenters. The third-order valence-corrected chi connectivity index (χ3v) is 13.6. The highest BCUT2D eigenvalue weighted by Crippen LogP contribution is 2.47. The summed E-state index contributed by atoms with van der Waals surface area (Å²) in [5.41, 5.74) is 2.80. The highest BCUT2D eigenvalue weighted by Gasteiger charge is 2.44. The Morgan fingerprint density at radius 1 is 1.15 bits per heavy atom. The van der Waals surface area contributed by atoms with Gasteiger partial charge in [-0.3, -0.25) is 19.0 Å². The van der Waals surface area contributed by atoms with Gasteiger partial charge in [-0.25, -0.2) is 4.21 Å². The van der Waals surface area contributed by atoms with Gasteiger partial charge in [0.15, 0.2) is 0 Å². The standard InChI is InChI=1S/C39H46ClF2N5O7S/c1-23-20-55(50,45-36(49)29-19-46(2)43-37(29)52-4)44-35(48)25-8-12-34-31(17-25)47(18-26-7-10-28(26)33(51-3)14-13-32(23)54-38(41)42)21-39(22-53-34)15-5-6-24-16-27(40)9-11-30(24)39/h8-9,11-14,16-17,19,23,26,28,32-33,38H,5-7,10,15,18,20-22H2,1-4H3,(H,44,45,48,49,50)/b14-13+/t23-,26+,28-,32+,33+,39+,55?/m1/s1. The number of rotatable bonds is 6. The van der Waals surface area contributed by atoms with Crippen molar-refractivity contribution in [3.05, 3.63) is 82.0 Å². The molecule has 1 N–H and O–H groups in total. The molecule has 1 saturated carbocycles. The van der Waals surface area contributed by atoms with E-state index in [0.29, 0.717) is 36.2 Å². The van der Waals surface area contributed by atoms with Crippen molar-refractivity contribution in [3.63, 3.8) is 0 Å². The number of methoxy groups -OCH3 is 2. The number of anilines is 1. The number of fused-ring (bicyclic) bond motifs is 4. The van der Waals surface area contributed by atoms with Crippen LogP contribution in [0.4, 0.5) is 14.5 Å². The largest absolute Gasteiger partial charge is 0.490 e. The minimum Gasteiger partial charge on any atom is -0.490 e. The van der Waals surface area contributed by atoms with Gasteiger partial charge < -0.3 is 23.8 Å². The zero-order chi connectivity index (χ0) is 39.1. The van der Waals surface area contributed by atoms with Crippen molar-refractivity contribution in [2.24, 2.45) is 29.2 Å². The lowest BCUT2D eigenvalue weighted by Crippen LogP contribution is -2.49. The second kappa shape index (κ2) is 15.8. The van der Waals surface area contributed by atoms with Crippen LogP contribution >= 0.6 is 11.6 Å². The molecular formula is C39H46ClF2N5O7S. The number of aromatic nitrogens is 2. The van der Waals surface area contributed by atoms with Gasteiger partial charge in [0.25, 0.3) is 11.8 Å². The average Bonchev–Trinajstić information content (AvgIpc) is 3.45. The van der Waals surface area contributed by atoms with Crippen molar-refractivity contribution >= 4 is 39.0 Å². The number of alkyl halides is 2. The lowest BCUT2D eigenvalue weighted by atomic mass is 9.68. The molecule has 3 aromatic rings. The molecule has 0 radical (unpaired) electrons. The summed E-state index contributed by atoms with van der Waals surface area (Å²) >= 11 is 6.44. The first kappa shape index (κ1) is 39.2. The van der Waals surface area contributed by atoms with E-state index in [1.54, 1.807) is 45.4 Å². The summed E-state index contributed by atoms with van der Waals surface area (Å²) in [5.74, 6) is -2.32. The smallest absolute Gasteiger partial charge is 0.345 e. The maximum atomic E-state index is 14.8. The van der Waals surface area contributed by atoms with Gasteiger partial charge in [-0.15, -0.1) is 9.46 Å². The lowest BCUT2D eigenvalue weighted by Gasteiger charge is -2.46. The first-order valence-electron chi connectivity index (χ1n) is 18.4. The van der Waals surface area contributed by atoms with Crippen LogP contribution in [0.25, 0.3) is 0 Å². The molecule has 3 heterocycles. The summed E-state index contributed by atoms with van der Waals surface area (Å²) in [4.78, 5) is 30.0. The molecule has 2 aromatic carbocycles. The van der Waals surface area contributed by atoms with Gasteiger partial charge in [0, 0.05) is 55.4 Å². The fourth-order valence-corrected chi connectivity index (χ4v) is 10.7. The topological polar surface area (TPSA) is 134 Å². The number of hydrogen-bond donors (Lipinski definition) is 1. The van der Waals surface area contributed by atoms with Gasteiger partial charge in [0.2, 0.25) is 5.88 Å². The molecule has 7 rings (SSSR count). The van der Waals surface area contributed by atoms with Crippen molar-refractivity contribution in [1.82, 2.24) is 14.5 Å². The van der Waals surface area contributed by atoms with E-state index >= 15 is 0 Å². The van der Waals surface area contributed by atoms with Gasteiger partial charge in [-0.2, -0.15) is 8.78 Å². The van der Waals surface area contributed by atoms with Crippen LogP contribution in [-0.2, 0) is 38.3 Å². The van der Waals surface area contributed by atoms with E-state index in [1.165, 1.54) is 35.2 Å². The number of benzene rings is 2. The summed E-state index contributed by atoms with van der Waals surface area (Å²) in [6.45, 7) is 0.0274. The van der Waals surface area contributed by atoms with Crippen molar-refractivity contribution in [1.29, 1.82) is 0 Å². The molecule has 2 aliphatic carbocycles. The van der Waals surface area contributed by atoms with Gasteiger partial charge in [-0.05, 0) is 85.4 Å². The van der Waals surface area contributed by atoms with Crippen molar-refractivity contribution < 1.29 is 41.5 Å². The molecule has 296 valence electrons. The average molecular weight is 802 g/mol. The third kappa shape index (κ3) is 8.12. The predicted molar refractivity (Wildman–Crippen MR) is 203 cm³/mol. The number of hydrogen-bond acceptors (Lipinski definition) is 9. The summed E-state index contributed by atoms with van der Waals surface area (Å²) in [6, 6.07) is 11.1. The highest BCUT2D eigenvalue weighted by molar-refractivity contribution is 7.92. The van der Waals surface area contributed by atoms with Gasteiger partial charge in [0.1, 0.15) is 21.2 Å². The molecule has 55 heavy (non-hydrogen) atoms. The number of nitrogens with one attached hydrogen (secondary N) is 1. The van der Waals surface area contributed by atoms with E-state index in [4.69, 9.17) is 30.5 Å². The van der Waals surface area contributed by atoms with Crippen molar-refractivity contribution in [3.8, 4) is 11.6 Å². The molecule has 1 fully saturated rings. The Bertz CT molecular complexity index is 2110. The maximum absolute atomic E-state index is 14.8. The Morgan fingerprint density at radius 3 is 2.67 bits per heavy atom. The SMILES string of the molecule is COc1nn(C)cc1C(=O)NS1(=O)=NC(=O)c2ccc3c(c2)N(C[C@@H]2CC[C@H]2[C@@H](OC)/C=C/[C@H](OC(F)F)[C@H](C)C1)C[C@@]1(CCCc2cc(Cl)ccc21)CO3. The number of aryl methyl sites for hydroxylation is 2. The first-order chi connectivity index (χ1) is 26.3. The Labute approximate surface area is 324 Å². The minimum atomic E-state index is -3.99. The Balaban J connectivity index is 1.34. The van der Waals surface area contributed by atoms with Crippen LogP contribution in [0.15, 0.2) is 59.1 Å². The van der Waals surface area contributed by atoms with E-state index in [1.807, 2.05) is 12.1 Å². The van der Waals surface area contributed by atoms with E-state index in [2.05, 4.69) is 25.1 Å². The molecule has 1 spiro atoms. The monoisotopic (exact) mass is 801 g/mol. The molecule has 1 aromatic heterocycles. The number of carbonyl (C=O) groups is 2. The second-order valence-electron chi connectivity index (χ2n) is 15.1. The Morgan fingerprint density at radius 2 is 1.95 bits per heavy atom. The van der Waals surface area contributed by atoms with Crippen LogP contribution in [-0.4, -0.2) is 84.3 Å². The number of halogens is 3. The molecule has 0 saturated heterocycles. The molecule has 2 amide bonds. The van der Waals surface area contributed by atoms with E-state index in [9.17, 15) is 22.6 Å². The highest BCUT2D eigenvalue weighted by atomic mass is 35.5. The van der Waals surface area contributed by atoms with Gasteiger partial charge in [0.05, 0.1) is 37.4 Å². The van der Waals surface area contributed by atoms with Crippen LogP contribution in [0.3, 0.4) is 0 Å². The molecular weight excluding hydrogens is 756 g/mol. The van der Waals surface area contributed by atoms with Gasteiger partial charge >= 0.3 is 6.61 Å². The Hall–Kier alpha value is -4.05. The van der Waals surface area contributed by atoms with Crippen LogP contribution in [0.2, 0.25) is 5.02 Å². The van der Waals surface area contributed by atoms with Crippen LogP contribution < -0.4 is 19.1 Å². The molecule has 2 aliphatic heterocycles. The maximum Gasteiger partial charge on any atom is 0.345 e. The van der Waals surface area contributed by atoms with E-state index in [-0.39, 0.29) is 34.3 Å². The van der Waals surface area contributed by atoms with Crippen LogP contribution in [0.1, 0.15) is 64.4 Å². The van der Waals surface area contributed by atoms with Crippen molar-refractivity contribution in [2.75, 3.05) is 44.6 Å². The summed E-state index contributed by atoms with van der Waals surface area (Å²) in [7, 11) is 0.512. The number of nitrogens with zero attached hydrogens (tertiary/aromatic N) is 4. The Kier molecular flexibility index (Phi) is 11.3. The summed E-state index contributed by atoms with van der Waals surface area (Å²) < 4.78 is 73.2. The quantitative estimate of drug-likeness (QED) is 0.283. The van der Waals surface area contributed by atoms with Gasteiger partial charge in [-0.1, -0.05) is 36.7 Å². The third-order valence-electron chi connectivity index (χ3n) is 11.4. The number of amides is 2. The minimum absolute atomic E-state index is 0.0374. The normalized spacial score (nSPS) is 29.9. The zero-order valence-electron chi connectivity index (χ0n) is 31.2.